The van der Waals surface area contributed by atoms with Gasteiger partial charge in [0.1, 0.15) is 5.82 Å². The van der Waals surface area contributed by atoms with Gasteiger partial charge < -0.3 is 10.4 Å². The van der Waals surface area contributed by atoms with E-state index in [0.29, 0.717) is 13.1 Å². The zero-order chi connectivity index (χ0) is 12.1. The molecule has 0 radical (unpaired) electrons. The first kappa shape index (κ1) is 13.6. The standard InChI is InChI=1S/C12H17BrFNO/c1-8(2)12(16)7-15-6-9-3-4-10(14)5-11(9)13/h3-5,8,12,15-16H,6-7H2,1-2H3. The molecule has 90 valence electrons. The van der Waals surface area contributed by atoms with Crippen LogP contribution < -0.4 is 5.32 Å². The number of hydrogen-bond donors (Lipinski definition) is 2. The van der Waals surface area contributed by atoms with Crippen molar-refractivity contribution in [2.75, 3.05) is 6.54 Å². The van der Waals surface area contributed by atoms with Gasteiger partial charge in [-0.1, -0.05) is 35.8 Å². The number of aliphatic hydroxyl groups excluding tert-OH is 1. The summed E-state index contributed by atoms with van der Waals surface area (Å²) in [5, 5.41) is 12.7. The van der Waals surface area contributed by atoms with E-state index in [4.69, 9.17) is 0 Å². The van der Waals surface area contributed by atoms with Crippen molar-refractivity contribution in [1.82, 2.24) is 5.32 Å². The Morgan fingerprint density at radius 2 is 2.12 bits per heavy atom. The van der Waals surface area contributed by atoms with E-state index in [9.17, 15) is 9.50 Å². The Morgan fingerprint density at radius 1 is 1.44 bits per heavy atom. The predicted octanol–water partition coefficient (Wildman–Crippen LogP) is 2.69. The second kappa shape index (κ2) is 6.33. The van der Waals surface area contributed by atoms with Crippen molar-refractivity contribution in [2.24, 2.45) is 5.92 Å². The van der Waals surface area contributed by atoms with Crippen molar-refractivity contribution in [3.63, 3.8) is 0 Å². The van der Waals surface area contributed by atoms with Gasteiger partial charge in [0.25, 0.3) is 0 Å². The van der Waals surface area contributed by atoms with Gasteiger partial charge in [-0.2, -0.15) is 0 Å². The van der Waals surface area contributed by atoms with Crippen LogP contribution in [0.3, 0.4) is 0 Å². The molecule has 0 aliphatic rings. The van der Waals surface area contributed by atoms with Crippen LogP contribution in [0, 0.1) is 11.7 Å². The molecule has 0 saturated heterocycles. The van der Waals surface area contributed by atoms with Gasteiger partial charge in [-0.3, -0.25) is 0 Å². The van der Waals surface area contributed by atoms with Crippen molar-refractivity contribution >= 4 is 15.9 Å². The molecular weight excluding hydrogens is 273 g/mol. The SMILES string of the molecule is CC(C)C(O)CNCc1ccc(F)cc1Br. The lowest BCUT2D eigenvalue weighted by atomic mass is 10.1. The van der Waals surface area contributed by atoms with Crippen molar-refractivity contribution < 1.29 is 9.50 Å². The second-order valence-electron chi connectivity index (χ2n) is 4.18. The highest BCUT2D eigenvalue weighted by Crippen LogP contribution is 2.17. The minimum Gasteiger partial charge on any atom is -0.392 e. The van der Waals surface area contributed by atoms with Crippen LogP contribution in [0.15, 0.2) is 22.7 Å². The molecule has 0 spiro atoms. The summed E-state index contributed by atoms with van der Waals surface area (Å²) in [6.07, 6.45) is -0.348. The van der Waals surface area contributed by atoms with Gasteiger partial charge in [0.15, 0.2) is 0 Å². The summed E-state index contributed by atoms with van der Waals surface area (Å²) in [4.78, 5) is 0. The predicted molar refractivity (Wildman–Crippen MR) is 66.7 cm³/mol. The number of halogens is 2. The summed E-state index contributed by atoms with van der Waals surface area (Å²) >= 11 is 3.30. The third-order valence-corrected chi connectivity index (χ3v) is 3.19. The van der Waals surface area contributed by atoms with Crippen LogP contribution in [0.2, 0.25) is 0 Å². The maximum atomic E-state index is 12.8. The quantitative estimate of drug-likeness (QED) is 0.874. The van der Waals surface area contributed by atoms with Gasteiger partial charge in [0.2, 0.25) is 0 Å². The van der Waals surface area contributed by atoms with Crippen molar-refractivity contribution in [3.05, 3.63) is 34.1 Å². The molecule has 1 aromatic carbocycles. The zero-order valence-corrected chi connectivity index (χ0v) is 11.1. The third kappa shape index (κ3) is 4.20. The summed E-state index contributed by atoms with van der Waals surface area (Å²) in [7, 11) is 0. The number of aliphatic hydroxyl groups is 1. The fraction of sp³-hybridized carbons (Fsp3) is 0.500. The molecule has 2 nitrogen and oxygen atoms in total. The lowest BCUT2D eigenvalue weighted by Gasteiger charge is -2.15. The summed E-state index contributed by atoms with van der Waals surface area (Å²) in [5.41, 5.74) is 0.984. The lowest BCUT2D eigenvalue weighted by Crippen LogP contribution is -2.30. The summed E-state index contributed by atoms with van der Waals surface area (Å²) in [5.74, 6) is -0.0120. The van der Waals surface area contributed by atoms with Crippen LogP contribution in [0.4, 0.5) is 4.39 Å². The number of nitrogens with one attached hydrogen (secondary N) is 1. The van der Waals surface area contributed by atoms with Crippen LogP contribution in [-0.2, 0) is 6.54 Å². The number of hydrogen-bond acceptors (Lipinski definition) is 2. The van der Waals surface area contributed by atoms with Gasteiger partial charge in [0.05, 0.1) is 6.10 Å². The molecule has 0 heterocycles. The molecule has 4 heteroatoms. The van der Waals surface area contributed by atoms with E-state index in [1.165, 1.54) is 12.1 Å². The van der Waals surface area contributed by atoms with E-state index in [1.54, 1.807) is 6.07 Å². The molecule has 1 aromatic rings. The van der Waals surface area contributed by atoms with E-state index in [1.807, 2.05) is 13.8 Å². The Kier molecular flexibility index (Phi) is 5.38. The van der Waals surface area contributed by atoms with Gasteiger partial charge in [-0.25, -0.2) is 4.39 Å². The first-order chi connectivity index (χ1) is 7.50. The van der Waals surface area contributed by atoms with Crippen LogP contribution in [0.25, 0.3) is 0 Å². The molecule has 1 rings (SSSR count). The molecular formula is C12H17BrFNO. The summed E-state index contributed by atoms with van der Waals surface area (Å²) in [6, 6.07) is 4.60. The first-order valence-corrected chi connectivity index (χ1v) is 6.12. The van der Waals surface area contributed by atoms with E-state index < -0.39 is 0 Å². The molecule has 0 aromatic heterocycles. The molecule has 0 saturated carbocycles. The Bertz CT molecular complexity index is 344. The molecule has 1 unspecified atom stereocenters. The molecule has 1 atom stereocenters. The first-order valence-electron chi connectivity index (χ1n) is 5.33. The Balaban J connectivity index is 2.43. The van der Waals surface area contributed by atoms with Crippen LogP contribution in [0.1, 0.15) is 19.4 Å². The Morgan fingerprint density at radius 3 is 2.69 bits per heavy atom. The van der Waals surface area contributed by atoms with Gasteiger partial charge in [0, 0.05) is 17.6 Å². The second-order valence-corrected chi connectivity index (χ2v) is 5.03. The topological polar surface area (TPSA) is 32.3 Å². The zero-order valence-electron chi connectivity index (χ0n) is 9.50. The molecule has 16 heavy (non-hydrogen) atoms. The largest absolute Gasteiger partial charge is 0.392 e. The normalized spacial score (nSPS) is 13.1. The summed E-state index contributed by atoms with van der Waals surface area (Å²) < 4.78 is 13.6. The Hall–Kier alpha value is -0.450. The fourth-order valence-corrected chi connectivity index (χ4v) is 1.75. The van der Waals surface area contributed by atoms with Crippen molar-refractivity contribution in [2.45, 2.75) is 26.5 Å². The fourth-order valence-electron chi connectivity index (χ4n) is 1.26. The molecule has 2 N–H and O–H groups in total. The molecule has 0 amide bonds. The molecule has 0 aliphatic carbocycles. The minimum atomic E-state index is -0.348. The maximum absolute atomic E-state index is 12.8. The average Bonchev–Trinajstić information content (AvgIpc) is 2.20. The van der Waals surface area contributed by atoms with Crippen molar-refractivity contribution in [1.29, 1.82) is 0 Å². The van der Waals surface area contributed by atoms with Gasteiger partial charge in [-0.05, 0) is 23.6 Å². The smallest absolute Gasteiger partial charge is 0.124 e. The van der Waals surface area contributed by atoms with E-state index in [0.717, 1.165) is 10.0 Å². The molecule has 0 bridgehead atoms. The van der Waals surface area contributed by atoms with Crippen LogP contribution in [0.5, 0.6) is 0 Å². The highest BCUT2D eigenvalue weighted by molar-refractivity contribution is 9.10. The van der Waals surface area contributed by atoms with E-state index in [2.05, 4.69) is 21.2 Å². The van der Waals surface area contributed by atoms with Crippen molar-refractivity contribution in [3.8, 4) is 0 Å². The number of benzene rings is 1. The van der Waals surface area contributed by atoms with Crippen LogP contribution >= 0.6 is 15.9 Å². The maximum Gasteiger partial charge on any atom is 0.124 e. The monoisotopic (exact) mass is 289 g/mol. The number of rotatable bonds is 5. The van der Waals surface area contributed by atoms with E-state index >= 15 is 0 Å². The third-order valence-electron chi connectivity index (χ3n) is 2.45. The summed E-state index contributed by atoms with van der Waals surface area (Å²) in [6.45, 7) is 5.10. The lowest BCUT2D eigenvalue weighted by molar-refractivity contribution is 0.123. The van der Waals surface area contributed by atoms with E-state index in [-0.39, 0.29) is 17.8 Å². The average molecular weight is 290 g/mol. The molecule has 0 fully saturated rings. The molecule has 0 aliphatic heterocycles. The van der Waals surface area contributed by atoms with Gasteiger partial charge in [-0.15, -0.1) is 0 Å². The van der Waals surface area contributed by atoms with Crippen LogP contribution in [-0.4, -0.2) is 17.8 Å². The Labute approximate surface area is 104 Å². The van der Waals surface area contributed by atoms with Gasteiger partial charge >= 0.3 is 0 Å². The minimum absolute atomic E-state index is 0.240. The highest BCUT2D eigenvalue weighted by atomic mass is 79.9. The highest BCUT2D eigenvalue weighted by Gasteiger charge is 2.08.